The van der Waals surface area contributed by atoms with Gasteiger partial charge in [0.05, 0.1) is 12.5 Å². The molecule has 1 aliphatic rings. The summed E-state index contributed by atoms with van der Waals surface area (Å²) < 4.78 is 23.8. The zero-order chi connectivity index (χ0) is 25.5. The smallest absolute Gasteiger partial charge is 0.247 e. The molecule has 0 radical (unpaired) electrons. The Hall–Kier alpha value is -3.95. The highest BCUT2D eigenvalue weighted by atomic mass is 19.1. The van der Waals surface area contributed by atoms with Gasteiger partial charge in [0.1, 0.15) is 17.6 Å². The molecule has 1 saturated carbocycles. The maximum atomic E-state index is 13.7. The Morgan fingerprint density at radius 3 is 2.53 bits per heavy atom. The van der Waals surface area contributed by atoms with E-state index >= 15 is 0 Å². The Morgan fingerprint density at radius 1 is 1.14 bits per heavy atom. The van der Waals surface area contributed by atoms with Crippen molar-refractivity contribution in [1.82, 2.24) is 15.4 Å². The van der Waals surface area contributed by atoms with Gasteiger partial charge in [0.25, 0.3) is 0 Å². The van der Waals surface area contributed by atoms with E-state index in [-0.39, 0.29) is 37.2 Å². The van der Waals surface area contributed by atoms with Gasteiger partial charge >= 0.3 is 0 Å². The van der Waals surface area contributed by atoms with Gasteiger partial charge in [0, 0.05) is 37.1 Å². The van der Waals surface area contributed by atoms with Crippen molar-refractivity contribution in [3.63, 3.8) is 0 Å². The molecular weight excluding hydrogens is 467 g/mol. The Balaban J connectivity index is 1.55. The Labute approximate surface area is 208 Å². The molecule has 1 aliphatic carbocycles. The van der Waals surface area contributed by atoms with E-state index in [1.807, 2.05) is 0 Å². The fourth-order valence-electron chi connectivity index (χ4n) is 4.37. The lowest BCUT2D eigenvalue weighted by atomic mass is 10.0. The van der Waals surface area contributed by atoms with Crippen LogP contribution in [0.15, 0.2) is 57.9 Å². The summed E-state index contributed by atoms with van der Waals surface area (Å²) in [6.45, 7) is 1.78. The summed E-state index contributed by atoms with van der Waals surface area (Å²) in [5, 5.41) is 9.37. The third-order valence-electron chi connectivity index (χ3n) is 6.16. The van der Waals surface area contributed by atoms with Crippen LogP contribution in [0.3, 0.4) is 0 Å². The number of halogens is 1. The summed E-state index contributed by atoms with van der Waals surface area (Å²) in [4.78, 5) is 40.8. The molecule has 36 heavy (non-hydrogen) atoms. The topological polar surface area (TPSA) is 118 Å². The maximum absolute atomic E-state index is 13.7. The molecule has 9 nitrogen and oxygen atoms in total. The van der Waals surface area contributed by atoms with Crippen LogP contribution in [-0.2, 0) is 20.9 Å². The number of nitrogens with zero attached hydrogens (tertiary/aromatic N) is 2. The molecule has 190 valence electrons. The van der Waals surface area contributed by atoms with Crippen LogP contribution in [0.5, 0.6) is 0 Å². The van der Waals surface area contributed by atoms with Gasteiger partial charge in [-0.1, -0.05) is 30.1 Å². The molecule has 4 rings (SSSR count). The first-order valence-electron chi connectivity index (χ1n) is 12.0. The number of aromatic nitrogens is 1. The Bertz CT molecular complexity index is 1170. The van der Waals surface area contributed by atoms with Gasteiger partial charge in [0.2, 0.25) is 17.7 Å². The van der Waals surface area contributed by atoms with E-state index in [2.05, 4.69) is 15.8 Å². The van der Waals surface area contributed by atoms with Crippen LogP contribution in [-0.4, -0.2) is 33.8 Å². The zero-order valence-electron chi connectivity index (χ0n) is 20.0. The van der Waals surface area contributed by atoms with Gasteiger partial charge in [0.15, 0.2) is 5.82 Å². The van der Waals surface area contributed by atoms with Crippen LogP contribution in [0.1, 0.15) is 61.5 Å². The van der Waals surface area contributed by atoms with E-state index in [0.29, 0.717) is 16.9 Å². The van der Waals surface area contributed by atoms with Gasteiger partial charge < -0.3 is 24.5 Å². The number of carbonyl (C=O) groups excluding carboxylic acids is 3. The summed E-state index contributed by atoms with van der Waals surface area (Å²) in [5.74, 6) is -0.787. The van der Waals surface area contributed by atoms with Crippen molar-refractivity contribution in [3.8, 4) is 0 Å². The third-order valence-corrected chi connectivity index (χ3v) is 6.16. The summed E-state index contributed by atoms with van der Waals surface area (Å²) in [7, 11) is 0. The van der Waals surface area contributed by atoms with Gasteiger partial charge in [-0.15, -0.1) is 0 Å². The predicted octanol–water partition coefficient (Wildman–Crippen LogP) is 4.26. The van der Waals surface area contributed by atoms with Crippen LogP contribution in [0.25, 0.3) is 0 Å². The monoisotopic (exact) mass is 496 g/mol. The van der Waals surface area contributed by atoms with Crippen molar-refractivity contribution in [1.29, 1.82) is 0 Å². The molecule has 2 aromatic heterocycles. The van der Waals surface area contributed by atoms with Crippen LogP contribution in [0.2, 0.25) is 0 Å². The standard InChI is InChI=1S/C26H29FN4O5/c1-17-14-22(30-36-17)29-23(32)10-11-24(33)31(15-18-12-13-35-16-18)25(19-6-8-20(27)9-7-19)26(34)28-21-4-2-3-5-21/h6-9,12-14,16,21,25H,2-5,10-11,15H2,1H3,(H,28,34)(H,29,30,32). The molecule has 3 aromatic rings. The van der Waals surface area contributed by atoms with Crippen LogP contribution < -0.4 is 10.6 Å². The molecular formula is C26H29FN4O5. The molecule has 1 atom stereocenters. The predicted molar refractivity (Wildman–Crippen MR) is 128 cm³/mol. The van der Waals surface area contributed by atoms with E-state index < -0.39 is 23.7 Å². The number of anilines is 1. The second kappa shape index (κ2) is 11.7. The average molecular weight is 497 g/mol. The van der Waals surface area contributed by atoms with E-state index in [9.17, 15) is 18.8 Å². The first-order valence-corrected chi connectivity index (χ1v) is 12.0. The lowest BCUT2D eigenvalue weighted by Crippen LogP contribution is -2.46. The number of amides is 3. The van der Waals surface area contributed by atoms with E-state index in [0.717, 1.165) is 25.7 Å². The third kappa shape index (κ3) is 6.59. The highest BCUT2D eigenvalue weighted by molar-refractivity contribution is 5.94. The van der Waals surface area contributed by atoms with Crippen molar-refractivity contribution in [2.24, 2.45) is 0 Å². The first-order chi connectivity index (χ1) is 17.4. The summed E-state index contributed by atoms with van der Waals surface area (Å²) in [6.07, 6.45) is 6.53. The quantitative estimate of drug-likeness (QED) is 0.433. The number of rotatable bonds is 10. The van der Waals surface area contributed by atoms with E-state index in [1.54, 1.807) is 19.1 Å². The molecule has 1 aromatic carbocycles. The van der Waals surface area contributed by atoms with Gasteiger partial charge in [-0.2, -0.15) is 0 Å². The molecule has 3 amide bonds. The fraction of sp³-hybridized carbons (Fsp3) is 0.385. The number of nitrogens with one attached hydrogen (secondary N) is 2. The van der Waals surface area contributed by atoms with Crippen LogP contribution >= 0.6 is 0 Å². The molecule has 2 N–H and O–H groups in total. The second-order valence-electron chi connectivity index (χ2n) is 8.97. The SMILES string of the molecule is Cc1cc(NC(=O)CCC(=O)N(Cc2ccoc2)C(C(=O)NC2CCCC2)c2ccc(F)cc2)no1. The van der Waals surface area contributed by atoms with E-state index in [1.165, 1.54) is 41.7 Å². The number of benzene rings is 1. The van der Waals surface area contributed by atoms with Crippen molar-refractivity contribution < 1.29 is 27.7 Å². The highest BCUT2D eigenvalue weighted by Crippen LogP contribution is 2.27. The number of hydrogen-bond donors (Lipinski definition) is 2. The minimum absolute atomic E-state index is 0.0306. The molecule has 10 heteroatoms. The van der Waals surface area contributed by atoms with Gasteiger partial charge in [-0.25, -0.2) is 4.39 Å². The first kappa shape index (κ1) is 25.2. The Morgan fingerprint density at radius 2 is 1.89 bits per heavy atom. The number of hydrogen-bond acceptors (Lipinski definition) is 6. The van der Waals surface area contributed by atoms with Gasteiger partial charge in [-0.3, -0.25) is 14.4 Å². The molecule has 1 fully saturated rings. The van der Waals surface area contributed by atoms with Crippen molar-refractivity contribution >= 4 is 23.5 Å². The van der Waals surface area contributed by atoms with Crippen LogP contribution in [0, 0.1) is 12.7 Å². The zero-order valence-corrected chi connectivity index (χ0v) is 20.0. The molecule has 0 aliphatic heterocycles. The van der Waals surface area contributed by atoms with E-state index in [4.69, 9.17) is 8.94 Å². The molecule has 0 saturated heterocycles. The van der Waals surface area contributed by atoms with Gasteiger partial charge in [-0.05, 0) is 43.5 Å². The summed E-state index contributed by atoms with van der Waals surface area (Å²) >= 11 is 0. The highest BCUT2D eigenvalue weighted by Gasteiger charge is 2.33. The average Bonchev–Trinajstić information content (AvgIpc) is 3.63. The van der Waals surface area contributed by atoms with Crippen molar-refractivity contribution in [2.45, 2.75) is 64.1 Å². The second-order valence-corrected chi connectivity index (χ2v) is 8.97. The maximum Gasteiger partial charge on any atom is 0.247 e. The minimum atomic E-state index is -1.00. The number of furan rings is 1. The lowest BCUT2D eigenvalue weighted by molar-refractivity contribution is -0.142. The molecule has 0 spiro atoms. The molecule has 0 bridgehead atoms. The normalized spacial score (nSPS) is 14.4. The lowest BCUT2D eigenvalue weighted by Gasteiger charge is -2.32. The number of aryl methyl sites for hydroxylation is 1. The fourth-order valence-corrected chi connectivity index (χ4v) is 4.37. The molecule has 1 unspecified atom stereocenters. The van der Waals surface area contributed by atoms with Crippen molar-refractivity contribution in [2.75, 3.05) is 5.32 Å². The summed E-state index contributed by atoms with van der Waals surface area (Å²) in [5.41, 5.74) is 1.16. The summed E-state index contributed by atoms with van der Waals surface area (Å²) in [6, 6.07) is 7.84. The largest absolute Gasteiger partial charge is 0.472 e. The van der Waals surface area contributed by atoms with Crippen LogP contribution in [0.4, 0.5) is 10.2 Å². The van der Waals surface area contributed by atoms with Crippen molar-refractivity contribution in [3.05, 3.63) is 71.6 Å². The Kier molecular flexibility index (Phi) is 8.14. The minimum Gasteiger partial charge on any atom is -0.472 e. The number of carbonyl (C=O) groups is 3. The molecule has 2 heterocycles.